The number of rotatable bonds is 3. The van der Waals surface area contributed by atoms with E-state index in [1.165, 1.54) is 25.7 Å². The summed E-state index contributed by atoms with van der Waals surface area (Å²) in [5.74, 6) is -0.0607. The average molecular weight is 376 g/mol. The standard InChI is InChI=1S/C17H25N3O2.2ClH/c21-17(16-13-18-9-12-22-16)19-14-7-3-4-8-15(14)20-10-5-1-2-6-11-20;;/h3-4,7-8,16,18H,1-2,5-6,9-13H2,(H,19,21);2*1H. The Bertz CT molecular complexity index is 502. The predicted octanol–water partition coefficient (Wildman–Crippen LogP) is 2.84. The summed E-state index contributed by atoms with van der Waals surface area (Å²) in [7, 11) is 0. The van der Waals surface area contributed by atoms with Crippen LogP contribution in [-0.4, -0.2) is 44.8 Å². The molecule has 0 spiro atoms. The van der Waals surface area contributed by atoms with Gasteiger partial charge in [-0.15, -0.1) is 24.8 Å². The number of morpholine rings is 1. The molecule has 0 aliphatic carbocycles. The van der Waals surface area contributed by atoms with E-state index in [0.29, 0.717) is 13.2 Å². The second-order valence-corrected chi connectivity index (χ2v) is 5.97. The van der Waals surface area contributed by atoms with Crippen molar-refractivity contribution in [2.75, 3.05) is 43.0 Å². The highest BCUT2D eigenvalue weighted by Gasteiger charge is 2.23. The van der Waals surface area contributed by atoms with Gasteiger partial charge < -0.3 is 20.3 Å². The van der Waals surface area contributed by atoms with Crippen LogP contribution < -0.4 is 15.5 Å². The minimum absolute atomic E-state index is 0. The zero-order chi connectivity index (χ0) is 15.2. The van der Waals surface area contributed by atoms with Crippen LogP contribution in [0, 0.1) is 0 Å². The minimum Gasteiger partial charge on any atom is -0.370 e. The number of nitrogens with zero attached hydrogens (tertiary/aromatic N) is 1. The van der Waals surface area contributed by atoms with Crippen LogP contribution in [0.15, 0.2) is 24.3 Å². The van der Waals surface area contributed by atoms with Gasteiger partial charge in [-0.3, -0.25) is 4.79 Å². The molecule has 2 heterocycles. The smallest absolute Gasteiger partial charge is 0.254 e. The average Bonchev–Trinajstić information content (AvgIpc) is 2.85. The van der Waals surface area contributed by atoms with Gasteiger partial charge >= 0.3 is 0 Å². The van der Waals surface area contributed by atoms with Gasteiger partial charge in [0.05, 0.1) is 18.0 Å². The van der Waals surface area contributed by atoms with Crippen molar-refractivity contribution in [1.82, 2.24) is 5.32 Å². The molecule has 5 nitrogen and oxygen atoms in total. The first-order chi connectivity index (χ1) is 10.8. The van der Waals surface area contributed by atoms with E-state index in [2.05, 4.69) is 21.6 Å². The van der Waals surface area contributed by atoms with Crippen molar-refractivity contribution < 1.29 is 9.53 Å². The molecule has 0 saturated carbocycles. The summed E-state index contributed by atoms with van der Waals surface area (Å²) in [6.45, 7) is 4.11. The SMILES string of the molecule is Cl.Cl.O=C(Nc1ccccc1N1CCCCCC1)C1CNCCO1. The van der Waals surface area contributed by atoms with Crippen molar-refractivity contribution in [2.45, 2.75) is 31.8 Å². The van der Waals surface area contributed by atoms with E-state index in [0.717, 1.165) is 31.0 Å². The van der Waals surface area contributed by atoms with E-state index in [4.69, 9.17) is 4.74 Å². The van der Waals surface area contributed by atoms with Crippen LogP contribution in [0.1, 0.15) is 25.7 Å². The monoisotopic (exact) mass is 375 g/mol. The highest BCUT2D eigenvalue weighted by atomic mass is 35.5. The number of nitrogens with one attached hydrogen (secondary N) is 2. The zero-order valence-corrected chi connectivity index (χ0v) is 15.5. The van der Waals surface area contributed by atoms with Crippen LogP contribution in [-0.2, 0) is 9.53 Å². The molecule has 0 bridgehead atoms. The van der Waals surface area contributed by atoms with E-state index in [-0.39, 0.29) is 30.7 Å². The van der Waals surface area contributed by atoms with E-state index in [9.17, 15) is 4.79 Å². The molecule has 2 saturated heterocycles. The normalized spacial score (nSPS) is 21.0. The fourth-order valence-electron chi connectivity index (χ4n) is 3.11. The third-order valence-electron chi connectivity index (χ3n) is 4.33. The summed E-state index contributed by atoms with van der Waals surface area (Å²) in [5.41, 5.74) is 2.02. The number of hydrogen-bond donors (Lipinski definition) is 2. The first-order valence-electron chi connectivity index (χ1n) is 8.32. The highest BCUT2D eigenvalue weighted by molar-refractivity contribution is 5.97. The van der Waals surface area contributed by atoms with Crippen molar-refractivity contribution in [3.63, 3.8) is 0 Å². The molecule has 7 heteroatoms. The molecule has 1 unspecified atom stereocenters. The fourth-order valence-corrected chi connectivity index (χ4v) is 3.11. The summed E-state index contributed by atoms with van der Waals surface area (Å²) < 4.78 is 5.53. The molecule has 136 valence electrons. The molecule has 1 atom stereocenters. The van der Waals surface area contributed by atoms with Gasteiger partial charge in [0.25, 0.3) is 5.91 Å². The van der Waals surface area contributed by atoms with Gasteiger partial charge in [0.1, 0.15) is 6.10 Å². The number of benzene rings is 1. The Labute approximate surface area is 156 Å². The van der Waals surface area contributed by atoms with Crippen molar-refractivity contribution in [2.24, 2.45) is 0 Å². The van der Waals surface area contributed by atoms with Gasteiger partial charge in [0.15, 0.2) is 0 Å². The maximum absolute atomic E-state index is 12.4. The minimum atomic E-state index is -0.397. The van der Waals surface area contributed by atoms with Gasteiger partial charge in [-0.25, -0.2) is 0 Å². The Morgan fingerprint density at radius 1 is 1.12 bits per heavy atom. The molecule has 1 amide bonds. The molecule has 0 aromatic heterocycles. The van der Waals surface area contributed by atoms with Gasteiger partial charge in [-0.1, -0.05) is 25.0 Å². The summed E-state index contributed by atoms with van der Waals surface area (Å²) in [4.78, 5) is 14.8. The van der Waals surface area contributed by atoms with Crippen LogP contribution in [0.4, 0.5) is 11.4 Å². The molecule has 1 aromatic carbocycles. The first-order valence-corrected chi connectivity index (χ1v) is 8.32. The lowest BCUT2D eigenvalue weighted by Gasteiger charge is -2.27. The van der Waals surface area contributed by atoms with Gasteiger partial charge in [0.2, 0.25) is 0 Å². The molecule has 2 aliphatic rings. The zero-order valence-electron chi connectivity index (χ0n) is 13.8. The predicted molar refractivity (Wildman–Crippen MR) is 103 cm³/mol. The molecule has 2 aliphatic heterocycles. The van der Waals surface area contributed by atoms with E-state index >= 15 is 0 Å². The Balaban J connectivity index is 0.00000144. The number of amides is 1. The van der Waals surface area contributed by atoms with E-state index < -0.39 is 6.10 Å². The third kappa shape index (κ3) is 5.52. The lowest BCUT2D eigenvalue weighted by molar-refractivity contribution is -0.128. The number of halogens is 2. The summed E-state index contributed by atoms with van der Waals surface area (Å²) >= 11 is 0. The summed E-state index contributed by atoms with van der Waals surface area (Å²) in [5, 5.41) is 6.24. The molecule has 3 rings (SSSR count). The molecular weight excluding hydrogens is 349 g/mol. The molecule has 24 heavy (non-hydrogen) atoms. The number of carbonyl (C=O) groups is 1. The number of hydrogen-bond acceptors (Lipinski definition) is 4. The summed E-state index contributed by atoms with van der Waals surface area (Å²) in [6, 6.07) is 8.08. The molecule has 2 N–H and O–H groups in total. The van der Waals surface area contributed by atoms with E-state index in [1.54, 1.807) is 0 Å². The Kier molecular flexibility index (Phi) is 9.44. The van der Waals surface area contributed by atoms with Crippen molar-refractivity contribution in [1.29, 1.82) is 0 Å². The van der Waals surface area contributed by atoms with Gasteiger partial charge in [0, 0.05) is 26.2 Å². The third-order valence-corrected chi connectivity index (χ3v) is 4.33. The second kappa shape index (κ2) is 10.8. The number of ether oxygens (including phenoxy) is 1. The lowest BCUT2D eigenvalue weighted by Crippen LogP contribution is -2.45. The van der Waals surface area contributed by atoms with Crippen molar-refractivity contribution >= 4 is 42.1 Å². The first kappa shape index (κ1) is 21.0. The number of para-hydroxylation sites is 2. The van der Waals surface area contributed by atoms with Crippen LogP contribution >= 0.6 is 24.8 Å². The maximum Gasteiger partial charge on any atom is 0.254 e. The topological polar surface area (TPSA) is 53.6 Å². The highest BCUT2D eigenvalue weighted by Crippen LogP contribution is 2.28. The maximum atomic E-state index is 12.4. The Morgan fingerprint density at radius 3 is 2.50 bits per heavy atom. The quantitative estimate of drug-likeness (QED) is 0.852. The Hall–Kier alpha value is -1.01. The number of carbonyl (C=O) groups excluding carboxylic acids is 1. The van der Waals surface area contributed by atoms with Crippen molar-refractivity contribution in [3.05, 3.63) is 24.3 Å². The molecule has 1 aromatic rings. The molecule has 2 fully saturated rings. The van der Waals surface area contributed by atoms with Crippen LogP contribution in [0.3, 0.4) is 0 Å². The van der Waals surface area contributed by atoms with Gasteiger partial charge in [-0.05, 0) is 25.0 Å². The molecular formula is C17H27Cl2N3O2. The van der Waals surface area contributed by atoms with Crippen LogP contribution in [0.25, 0.3) is 0 Å². The van der Waals surface area contributed by atoms with Gasteiger partial charge in [-0.2, -0.15) is 0 Å². The van der Waals surface area contributed by atoms with Crippen LogP contribution in [0.2, 0.25) is 0 Å². The largest absolute Gasteiger partial charge is 0.370 e. The fraction of sp³-hybridized carbons (Fsp3) is 0.588. The second-order valence-electron chi connectivity index (χ2n) is 5.97. The number of anilines is 2. The summed E-state index contributed by atoms with van der Waals surface area (Å²) in [6.07, 6.45) is 4.64. The van der Waals surface area contributed by atoms with E-state index in [1.807, 2.05) is 18.2 Å². The Morgan fingerprint density at radius 2 is 1.83 bits per heavy atom. The van der Waals surface area contributed by atoms with Crippen LogP contribution in [0.5, 0.6) is 0 Å². The lowest BCUT2D eigenvalue weighted by atomic mass is 10.2. The van der Waals surface area contributed by atoms with Crippen molar-refractivity contribution in [3.8, 4) is 0 Å². The molecule has 0 radical (unpaired) electrons.